The van der Waals surface area contributed by atoms with Gasteiger partial charge in [0.05, 0.1) is 0 Å². The van der Waals surface area contributed by atoms with Crippen LogP contribution >= 0.6 is 0 Å². The van der Waals surface area contributed by atoms with Crippen LogP contribution in [0.3, 0.4) is 0 Å². The molecule has 0 bridgehead atoms. The second-order valence-electron chi connectivity index (χ2n) is 4.52. The molecule has 2 aromatic rings. The molecule has 0 saturated heterocycles. The zero-order valence-electron chi connectivity index (χ0n) is 10.9. The lowest BCUT2D eigenvalue weighted by Gasteiger charge is -2.18. The van der Waals surface area contributed by atoms with E-state index < -0.39 is 0 Å². The van der Waals surface area contributed by atoms with Crippen LogP contribution in [0.5, 0.6) is 11.5 Å². The van der Waals surface area contributed by atoms with Gasteiger partial charge in [-0.3, -0.25) is 0 Å². The Hall–Kier alpha value is -2.00. The van der Waals surface area contributed by atoms with Crippen LogP contribution in [0.4, 0.5) is 0 Å². The maximum absolute atomic E-state index is 9.36. The molecule has 0 atom stereocenters. The third-order valence-electron chi connectivity index (χ3n) is 3.20. The van der Waals surface area contributed by atoms with Crippen molar-refractivity contribution in [3.05, 3.63) is 59.7 Å². The highest BCUT2D eigenvalue weighted by Gasteiger charge is 2.14. The molecule has 0 amide bonds. The highest BCUT2D eigenvalue weighted by atomic mass is 16.5. The first-order chi connectivity index (χ1) is 9.20. The molecule has 0 aliphatic rings. The minimum absolute atomic E-state index is 0.196. The van der Waals surface area contributed by atoms with Gasteiger partial charge >= 0.3 is 0 Å². The van der Waals surface area contributed by atoms with Gasteiger partial charge in [0.2, 0.25) is 0 Å². The molecule has 2 rings (SSSR count). The zero-order valence-corrected chi connectivity index (χ0v) is 10.9. The van der Waals surface area contributed by atoms with E-state index >= 15 is 0 Å². The highest BCUT2D eigenvalue weighted by molar-refractivity contribution is 5.37. The fourth-order valence-electron chi connectivity index (χ4n) is 2.17. The van der Waals surface area contributed by atoms with E-state index in [4.69, 9.17) is 4.74 Å². The Labute approximate surface area is 113 Å². The summed E-state index contributed by atoms with van der Waals surface area (Å²) in [4.78, 5) is 0. The number of ether oxygens (including phenoxy) is 1. The molecule has 3 nitrogen and oxygen atoms in total. The Kier molecular flexibility index (Phi) is 4.42. The van der Waals surface area contributed by atoms with Crippen LogP contribution in [0.1, 0.15) is 23.5 Å². The second-order valence-corrected chi connectivity index (χ2v) is 4.52. The fourth-order valence-corrected chi connectivity index (χ4v) is 2.17. The van der Waals surface area contributed by atoms with Gasteiger partial charge in [0.25, 0.3) is 0 Å². The normalized spacial score (nSPS) is 10.8. The predicted octanol–water partition coefficient (Wildman–Crippen LogP) is 3.27. The summed E-state index contributed by atoms with van der Waals surface area (Å²) < 4.78 is 5.16. The number of benzene rings is 2. The van der Waals surface area contributed by atoms with Gasteiger partial charge in [-0.15, -0.1) is 0 Å². The summed E-state index contributed by atoms with van der Waals surface area (Å²) in [6.07, 6.45) is 0.853. The van der Waals surface area contributed by atoms with E-state index in [0.717, 1.165) is 17.5 Å². The molecule has 0 saturated carbocycles. The van der Waals surface area contributed by atoms with Gasteiger partial charge in [0.1, 0.15) is 11.5 Å². The van der Waals surface area contributed by atoms with E-state index in [-0.39, 0.29) is 17.4 Å². The number of aromatic hydroxyl groups is 2. The smallest absolute Gasteiger partial charge is 0.115 e. The van der Waals surface area contributed by atoms with Gasteiger partial charge in [0, 0.05) is 19.6 Å². The zero-order chi connectivity index (χ0) is 13.7. The maximum atomic E-state index is 9.36. The predicted molar refractivity (Wildman–Crippen MR) is 74.5 cm³/mol. The third-order valence-corrected chi connectivity index (χ3v) is 3.20. The van der Waals surface area contributed by atoms with Crippen molar-refractivity contribution in [3.8, 4) is 11.5 Å². The molecule has 0 spiro atoms. The van der Waals surface area contributed by atoms with Gasteiger partial charge < -0.3 is 14.9 Å². The Morgan fingerprint density at radius 1 is 0.842 bits per heavy atom. The molecule has 0 radical (unpaired) electrons. The average Bonchev–Trinajstić information content (AvgIpc) is 2.43. The lowest BCUT2D eigenvalue weighted by molar-refractivity contribution is 0.191. The minimum atomic E-state index is 0.196. The summed E-state index contributed by atoms with van der Waals surface area (Å²) in [6.45, 7) is 0.659. The van der Waals surface area contributed by atoms with Crippen molar-refractivity contribution in [1.82, 2.24) is 0 Å². The summed E-state index contributed by atoms with van der Waals surface area (Å²) in [5.41, 5.74) is 2.25. The maximum Gasteiger partial charge on any atom is 0.115 e. The number of hydrogen-bond acceptors (Lipinski definition) is 3. The first-order valence-corrected chi connectivity index (χ1v) is 6.27. The van der Waals surface area contributed by atoms with Crippen molar-refractivity contribution in [3.63, 3.8) is 0 Å². The number of phenols is 2. The van der Waals surface area contributed by atoms with Crippen LogP contribution in [-0.4, -0.2) is 23.9 Å². The lowest BCUT2D eigenvalue weighted by Crippen LogP contribution is -2.04. The van der Waals surface area contributed by atoms with Crippen LogP contribution in [0, 0.1) is 0 Å². The molecular weight excluding hydrogens is 240 g/mol. The summed E-state index contributed by atoms with van der Waals surface area (Å²) in [6, 6.07) is 14.4. The number of methoxy groups -OCH3 is 1. The molecule has 100 valence electrons. The first kappa shape index (κ1) is 13.4. The first-order valence-electron chi connectivity index (χ1n) is 6.27. The van der Waals surface area contributed by atoms with E-state index in [1.54, 1.807) is 31.4 Å². The number of rotatable bonds is 5. The van der Waals surface area contributed by atoms with Crippen LogP contribution in [0.2, 0.25) is 0 Å². The largest absolute Gasteiger partial charge is 0.508 e. The van der Waals surface area contributed by atoms with E-state index in [2.05, 4.69) is 0 Å². The topological polar surface area (TPSA) is 49.7 Å². The van der Waals surface area contributed by atoms with Crippen molar-refractivity contribution in [2.45, 2.75) is 12.3 Å². The average molecular weight is 258 g/mol. The molecule has 0 heterocycles. The molecule has 2 aromatic carbocycles. The molecular formula is C16H18O3. The third kappa shape index (κ3) is 3.48. The molecule has 0 unspecified atom stereocenters. The van der Waals surface area contributed by atoms with Gasteiger partial charge in [-0.1, -0.05) is 24.3 Å². The Bertz CT molecular complexity index is 457. The molecule has 3 heteroatoms. The van der Waals surface area contributed by atoms with Gasteiger partial charge in [0.15, 0.2) is 0 Å². The van der Waals surface area contributed by atoms with Crippen LogP contribution < -0.4 is 0 Å². The minimum Gasteiger partial charge on any atom is -0.508 e. The molecule has 19 heavy (non-hydrogen) atoms. The molecule has 0 aliphatic heterocycles. The van der Waals surface area contributed by atoms with Crippen molar-refractivity contribution in [2.24, 2.45) is 0 Å². The molecule has 0 aromatic heterocycles. The monoisotopic (exact) mass is 258 g/mol. The van der Waals surface area contributed by atoms with Gasteiger partial charge in [-0.05, 0) is 41.8 Å². The highest BCUT2D eigenvalue weighted by Crippen LogP contribution is 2.30. The van der Waals surface area contributed by atoms with Crippen molar-refractivity contribution >= 4 is 0 Å². The standard InChI is InChI=1S/C16H18O3/c1-19-11-10-16(12-2-6-14(17)7-3-12)13-4-8-15(18)9-5-13/h2-9,16-18H,10-11H2,1H3. The Balaban J connectivity index is 2.29. The van der Waals surface area contributed by atoms with E-state index in [1.807, 2.05) is 24.3 Å². The molecule has 0 aliphatic carbocycles. The molecule has 2 N–H and O–H groups in total. The summed E-state index contributed by atoms with van der Waals surface area (Å²) >= 11 is 0. The summed E-state index contributed by atoms with van der Waals surface area (Å²) in [5.74, 6) is 0.723. The SMILES string of the molecule is COCCC(c1ccc(O)cc1)c1ccc(O)cc1. The number of phenolic OH excluding ortho intramolecular Hbond substituents is 2. The van der Waals surface area contributed by atoms with E-state index in [1.165, 1.54) is 0 Å². The van der Waals surface area contributed by atoms with E-state index in [0.29, 0.717) is 6.61 Å². The summed E-state index contributed by atoms with van der Waals surface area (Å²) in [5, 5.41) is 18.7. The Morgan fingerprint density at radius 2 is 1.26 bits per heavy atom. The second kappa shape index (κ2) is 6.25. The Morgan fingerprint density at radius 3 is 1.63 bits per heavy atom. The fraction of sp³-hybridized carbons (Fsp3) is 0.250. The van der Waals surface area contributed by atoms with Crippen LogP contribution in [0.25, 0.3) is 0 Å². The van der Waals surface area contributed by atoms with Gasteiger partial charge in [-0.25, -0.2) is 0 Å². The van der Waals surface area contributed by atoms with Crippen molar-refractivity contribution in [1.29, 1.82) is 0 Å². The lowest BCUT2D eigenvalue weighted by atomic mass is 9.89. The number of hydrogen-bond donors (Lipinski definition) is 2. The summed E-state index contributed by atoms with van der Waals surface area (Å²) in [7, 11) is 1.69. The van der Waals surface area contributed by atoms with Crippen LogP contribution in [-0.2, 0) is 4.74 Å². The van der Waals surface area contributed by atoms with Crippen molar-refractivity contribution in [2.75, 3.05) is 13.7 Å². The quantitative estimate of drug-likeness (QED) is 0.865. The molecule has 0 fully saturated rings. The van der Waals surface area contributed by atoms with Crippen LogP contribution in [0.15, 0.2) is 48.5 Å². The van der Waals surface area contributed by atoms with Gasteiger partial charge in [-0.2, -0.15) is 0 Å². The van der Waals surface area contributed by atoms with Crippen molar-refractivity contribution < 1.29 is 14.9 Å². The van der Waals surface area contributed by atoms with E-state index in [9.17, 15) is 10.2 Å².